The van der Waals surface area contributed by atoms with Crippen LogP contribution >= 0.6 is 0 Å². The van der Waals surface area contributed by atoms with Crippen molar-refractivity contribution in [2.24, 2.45) is 11.8 Å². The number of carboxylic acid groups (broad SMARTS) is 1. The third kappa shape index (κ3) is 3.56. The smallest absolute Gasteiger partial charge is 0.306 e. The molecule has 0 spiro atoms. The molecule has 2 N–H and O–H groups in total. The van der Waals surface area contributed by atoms with E-state index in [9.17, 15) is 14.0 Å². The van der Waals surface area contributed by atoms with Crippen LogP contribution in [-0.4, -0.2) is 17.0 Å². The first-order valence-electron chi connectivity index (χ1n) is 6.82. The Morgan fingerprint density at radius 2 is 1.95 bits per heavy atom. The first kappa shape index (κ1) is 14.5. The van der Waals surface area contributed by atoms with Gasteiger partial charge in [-0.15, -0.1) is 0 Å². The van der Waals surface area contributed by atoms with E-state index in [1.54, 1.807) is 18.2 Å². The minimum Gasteiger partial charge on any atom is -0.481 e. The van der Waals surface area contributed by atoms with Crippen LogP contribution in [0.5, 0.6) is 0 Å². The number of rotatable bonds is 4. The average molecular weight is 279 g/mol. The zero-order chi connectivity index (χ0) is 14.5. The van der Waals surface area contributed by atoms with Crippen LogP contribution in [0.1, 0.15) is 31.2 Å². The summed E-state index contributed by atoms with van der Waals surface area (Å²) in [6, 6.07) is 6.28. The zero-order valence-corrected chi connectivity index (χ0v) is 11.1. The van der Waals surface area contributed by atoms with Crippen LogP contribution in [0, 0.1) is 17.7 Å². The highest BCUT2D eigenvalue weighted by Gasteiger charge is 2.30. The van der Waals surface area contributed by atoms with Gasteiger partial charge in [-0.2, -0.15) is 0 Å². The number of carbonyl (C=O) groups is 2. The monoisotopic (exact) mass is 279 g/mol. The predicted molar refractivity (Wildman–Crippen MR) is 71.3 cm³/mol. The Morgan fingerprint density at radius 1 is 1.25 bits per heavy atom. The topological polar surface area (TPSA) is 66.4 Å². The van der Waals surface area contributed by atoms with Crippen molar-refractivity contribution >= 4 is 11.9 Å². The van der Waals surface area contributed by atoms with Gasteiger partial charge in [-0.3, -0.25) is 9.59 Å². The number of hydrogen-bond acceptors (Lipinski definition) is 2. The van der Waals surface area contributed by atoms with Gasteiger partial charge >= 0.3 is 5.97 Å². The van der Waals surface area contributed by atoms with Gasteiger partial charge in [-0.25, -0.2) is 4.39 Å². The lowest BCUT2D eigenvalue weighted by Crippen LogP contribution is -2.35. The molecule has 0 unspecified atom stereocenters. The van der Waals surface area contributed by atoms with Crippen LogP contribution in [0.25, 0.3) is 0 Å². The molecule has 1 amide bonds. The molecule has 0 heterocycles. The predicted octanol–water partition coefficient (Wildman–Crippen LogP) is 2.33. The number of nitrogens with one attached hydrogen (secondary N) is 1. The van der Waals surface area contributed by atoms with Gasteiger partial charge < -0.3 is 10.4 Å². The van der Waals surface area contributed by atoms with Crippen LogP contribution < -0.4 is 5.32 Å². The first-order valence-corrected chi connectivity index (χ1v) is 6.82. The molecule has 0 radical (unpaired) electrons. The van der Waals surface area contributed by atoms with Gasteiger partial charge in [0.2, 0.25) is 5.91 Å². The van der Waals surface area contributed by atoms with E-state index in [1.807, 2.05) is 0 Å². The summed E-state index contributed by atoms with van der Waals surface area (Å²) in [7, 11) is 0. The quantitative estimate of drug-likeness (QED) is 0.889. The summed E-state index contributed by atoms with van der Waals surface area (Å²) >= 11 is 0. The lowest BCUT2D eigenvalue weighted by atomic mass is 9.81. The van der Waals surface area contributed by atoms with Gasteiger partial charge in [0, 0.05) is 18.0 Å². The van der Waals surface area contributed by atoms with Gasteiger partial charge in [0.05, 0.1) is 5.92 Å². The SMILES string of the molecule is O=C(O)[C@H]1CCC[C@@H](C(=O)NCc2ccccc2F)C1. The Kier molecular flexibility index (Phi) is 4.71. The molecule has 2 rings (SSSR count). The van der Waals surface area contributed by atoms with Crippen LogP contribution in [-0.2, 0) is 16.1 Å². The molecule has 2 atom stereocenters. The Balaban J connectivity index is 1.89. The van der Waals surface area contributed by atoms with E-state index in [2.05, 4.69) is 5.32 Å². The molecule has 1 saturated carbocycles. The van der Waals surface area contributed by atoms with Gasteiger partial charge in [-0.1, -0.05) is 24.6 Å². The number of carboxylic acids is 1. The zero-order valence-electron chi connectivity index (χ0n) is 11.1. The highest BCUT2D eigenvalue weighted by atomic mass is 19.1. The summed E-state index contributed by atoms with van der Waals surface area (Å²) in [5.74, 6) is -2.08. The summed E-state index contributed by atoms with van der Waals surface area (Å²) in [5, 5.41) is 11.7. The Bertz CT molecular complexity index is 504. The Labute approximate surface area is 117 Å². The van der Waals surface area contributed by atoms with E-state index >= 15 is 0 Å². The van der Waals surface area contributed by atoms with E-state index in [4.69, 9.17) is 5.11 Å². The second kappa shape index (κ2) is 6.50. The van der Waals surface area contributed by atoms with E-state index in [-0.39, 0.29) is 24.2 Å². The molecular weight excluding hydrogens is 261 g/mol. The van der Waals surface area contributed by atoms with Crippen molar-refractivity contribution in [3.05, 3.63) is 35.6 Å². The average Bonchev–Trinajstić information content (AvgIpc) is 2.46. The van der Waals surface area contributed by atoms with Gasteiger partial charge in [0.25, 0.3) is 0 Å². The summed E-state index contributed by atoms with van der Waals surface area (Å²) in [6.45, 7) is 0.139. The summed E-state index contributed by atoms with van der Waals surface area (Å²) in [4.78, 5) is 23.0. The van der Waals surface area contributed by atoms with Gasteiger partial charge in [0.15, 0.2) is 0 Å². The van der Waals surface area contributed by atoms with E-state index in [0.29, 0.717) is 24.8 Å². The third-order valence-corrected chi connectivity index (χ3v) is 3.81. The minimum absolute atomic E-state index is 0.139. The van der Waals surface area contributed by atoms with Crippen molar-refractivity contribution in [1.29, 1.82) is 0 Å². The fourth-order valence-corrected chi connectivity index (χ4v) is 2.62. The minimum atomic E-state index is -0.836. The van der Waals surface area contributed by atoms with Gasteiger partial charge in [-0.05, 0) is 25.3 Å². The molecule has 1 aliphatic rings. The maximum absolute atomic E-state index is 13.4. The van der Waals surface area contributed by atoms with E-state index in [0.717, 1.165) is 6.42 Å². The molecule has 0 aromatic heterocycles. The molecule has 5 heteroatoms. The Hall–Kier alpha value is -1.91. The van der Waals surface area contributed by atoms with E-state index < -0.39 is 11.9 Å². The fourth-order valence-electron chi connectivity index (χ4n) is 2.62. The number of amides is 1. The standard InChI is InChI=1S/C15H18FNO3/c16-13-7-2-1-4-12(13)9-17-14(18)10-5-3-6-11(8-10)15(19)20/h1-2,4,7,10-11H,3,5-6,8-9H2,(H,17,18)(H,19,20)/t10-,11+/m1/s1. The lowest BCUT2D eigenvalue weighted by Gasteiger charge is -2.25. The third-order valence-electron chi connectivity index (χ3n) is 3.81. The van der Waals surface area contributed by atoms with Crippen LogP contribution in [0.2, 0.25) is 0 Å². The molecule has 0 saturated heterocycles. The normalized spacial score (nSPS) is 22.2. The molecule has 1 aromatic carbocycles. The summed E-state index contributed by atoms with van der Waals surface area (Å²) < 4.78 is 13.4. The number of hydrogen-bond donors (Lipinski definition) is 2. The number of carbonyl (C=O) groups excluding carboxylic acids is 1. The van der Waals surface area contributed by atoms with Crippen molar-refractivity contribution in [3.63, 3.8) is 0 Å². The lowest BCUT2D eigenvalue weighted by molar-refractivity contribution is -0.144. The fraction of sp³-hybridized carbons (Fsp3) is 0.467. The highest BCUT2D eigenvalue weighted by Crippen LogP contribution is 2.29. The molecule has 1 fully saturated rings. The van der Waals surface area contributed by atoms with Crippen molar-refractivity contribution < 1.29 is 19.1 Å². The maximum atomic E-state index is 13.4. The van der Waals surface area contributed by atoms with Crippen LogP contribution in [0.4, 0.5) is 4.39 Å². The van der Waals surface area contributed by atoms with Crippen molar-refractivity contribution in [2.75, 3.05) is 0 Å². The molecule has 20 heavy (non-hydrogen) atoms. The molecule has 4 nitrogen and oxygen atoms in total. The largest absolute Gasteiger partial charge is 0.481 e. The molecule has 1 aromatic rings. The van der Waals surface area contributed by atoms with Crippen molar-refractivity contribution in [1.82, 2.24) is 5.32 Å². The molecule has 108 valence electrons. The number of aliphatic carboxylic acids is 1. The summed E-state index contributed by atoms with van der Waals surface area (Å²) in [6.07, 6.45) is 2.45. The van der Waals surface area contributed by atoms with E-state index in [1.165, 1.54) is 6.07 Å². The molecule has 0 bridgehead atoms. The number of halogens is 1. The Morgan fingerprint density at radius 3 is 2.65 bits per heavy atom. The second-order valence-corrected chi connectivity index (χ2v) is 5.21. The molecule has 1 aliphatic carbocycles. The molecule has 0 aliphatic heterocycles. The maximum Gasteiger partial charge on any atom is 0.306 e. The first-order chi connectivity index (χ1) is 9.58. The summed E-state index contributed by atoms with van der Waals surface area (Å²) in [5.41, 5.74) is 0.437. The van der Waals surface area contributed by atoms with Gasteiger partial charge in [0.1, 0.15) is 5.82 Å². The molecular formula is C15H18FNO3. The highest BCUT2D eigenvalue weighted by molar-refractivity contribution is 5.80. The second-order valence-electron chi connectivity index (χ2n) is 5.21. The number of benzene rings is 1. The van der Waals surface area contributed by atoms with Crippen LogP contribution in [0.3, 0.4) is 0 Å². The van der Waals surface area contributed by atoms with Crippen LogP contribution in [0.15, 0.2) is 24.3 Å². The van der Waals surface area contributed by atoms with Crippen molar-refractivity contribution in [2.45, 2.75) is 32.2 Å². The van der Waals surface area contributed by atoms with Crippen molar-refractivity contribution in [3.8, 4) is 0 Å².